The predicted molar refractivity (Wildman–Crippen MR) is 135 cm³/mol. The summed E-state index contributed by atoms with van der Waals surface area (Å²) >= 11 is 10.9. The number of para-hydroxylation sites is 1. The van der Waals surface area contributed by atoms with E-state index in [1.54, 1.807) is 0 Å². The van der Waals surface area contributed by atoms with Gasteiger partial charge in [-0.2, -0.15) is 0 Å². The third kappa shape index (κ3) is 4.30. The number of nitrogens with one attached hydrogen (secondary N) is 1. The molecular formula is C25H15BrClN3OS. The summed E-state index contributed by atoms with van der Waals surface area (Å²) in [4.78, 5) is 22.6. The van der Waals surface area contributed by atoms with E-state index in [0.717, 1.165) is 37.9 Å². The first-order valence-corrected chi connectivity index (χ1v) is 11.8. The lowest BCUT2D eigenvalue weighted by atomic mass is 10.0. The number of thiazole rings is 1. The Bertz CT molecular complexity index is 1450. The SMILES string of the molecule is O=C(Nc1nc(-c2ccc(Cl)cc2)cs1)c1cc(-c2cccc(Br)c2)nc2ccccc12. The minimum atomic E-state index is -0.225. The molecule has 32 heavy (non-hydrogen) atoms. The summed E-state index contributed by atoms with van der Waals surface area (Å²) in [6.07, 6.45) is 0. The Hall–Kier alpha value is -3.06. The second-order valence-corrected chi connectivity index (χ2v) is 9.29. The number of hydrogen-bond acceptors (Lipinski definition) is 4. The number of carbonyl (C=O) groups excluding carboxylic acids is 1. The van der Waals surface area contributed by atoms with Crippen LogP contribution in [0.2, 0.25) is 5.02 Å². The summed E-state index contributed by atoms with van der Waals surface area (Å²) in [5.74, 6) is -0.225. The molecule has 0 aliphatic heterocycles. The molecule has 3 aromatic carbocycles. The van der Waals surface area contributed by atoms with E-state index in [1.165, 1.54) is 11.3 Å². The zero-order chi connectivity index (χ0) is 22.1. The molecule has 0 bridgehead atoms. The molecule has 0 fully saturated rings. The third-order valence-electron chi connectivity index (χ3n) is 4.95. The summed E-state index contributed by atoms with van der Waals surface area (Å²) in [5.41, 5.74) is 4.70. The summed E-state index contributed by atoms with van der Waals surface area (Å²) in [6.45, 7) is 0. The van der Waals surface area contributed by atoms with Crippen molar-refractivity contribution in [3.63, 3.8) is 0 Å². The number of amides is 1. The number of carbonyl (C=O) groups is 1. The summed E-state index contributed by atoms with van der Waals surface area (Å²) < 4.78 is 0.952. The number of benzene rings is 3. The maximum absolute atomic E-state index is 13.3. The smallest absolute Gasteiger partial charge is 0.258 e. The van der Waals surface area contributed by atoms with Gasteiger partial charge in [-0.15, -0.1) is 11.3 Å². The molecule has 0 aliphatic rings. The first-order chi connectivity index (χ1) is 15.6. The molecule has 4 nitrogen and oxygen atoms in total. The van der Waals surface area contributed by atoms with Gasteiger partial charge < -0.3 is 0 Å². The van der Waals surface area contributed by atoms with Gasteiger partial charge in [-0.05, 0) is 36.4 Å². The number of nitrogens with zero attached hydrogens (tertiary/aromatic N) is 2. The largest absolute Gasteiger partial charge is 0.298 e. The lowest BCUT2D eigenvalue weighted by Crippen LogP contribution is -2.13. The van der Waals surface area contributed by atoms with Gasteiger partial charge in [0.25, 0.3) is 5.91 Å². The molecule has 2 aromatic heterocycles. The molecular weight excluding hydrogens is 506 g/mol. The molecule has 0 aliphatic carbocycles. The molecule has 1 amide bonds. The number of fused-ring (bicyclic) bond motifs is 1. The quantitative estimate of drug-likeness (QED) is 0.264. The monoisotopic (exact) mass is 519 g/mol. The van der Waals surface area contributed by atoms with E-state index < -0.39 is 0 Å². The van der Waals surface area contributed by atoms with Crippen LogP contribution < -0.4 is 5.32 Å². The Morgan fingerprint density at radius 2 is 1.69 bits per heavy atom. The van der Waals surface area contributed by atoms with Gasteiger partial charge in [0, 0.05) is 31.4 Å². The third-order valence-corrected chi connectivity index (χ3v) is 6.45. The van der Waals surface area contributed by atoms with Crippen molar-refractivity contribution in [1.29, 1.82) is 0 Å². The fourth-order valence-electron chi connectivity index (χ4n) is 3.41. The second-order valence-electron chi connectivity index (χ2n) is 7.08. The van der Waals surface area contributed by atoms with Gasteiger partial charge in [-0.25, -0.2) is 9.97 Å². The van der Waals surface area contributed by atoms with Crippen molar-refractivity contribution in [2.45, 2.75) is 0 Å². The van der Waals surface area contributed by atoms with Crippen LogP contribution in [0.25, 0.3) is 33.4 Å². The van der Waals surface area contributed by atoms with Crippen LogP contribution in [-0.4, -0.2) is 15.9 Å². The summed E-state index contributed by atoms with van der Waals surface area (Å²) in [6, 6.07) is 24.8. The van der Waals surface area contributed by atoms with Crippen LogP contribution in [0.3, 0.4) is 0 Å². The van der Waals surface area contributed by atoms with Crippen LogP contribution >= 0.6 is 38.9 Å². The van der Waals surface area contributed by atoms with Crippen molar-refractivity contribution < 1.29 is 4.79 Å². The topological polar surface area (TPSA) is 54.9 Å². The molecule has 0 saturated carbocycles. The Kier molecular flexibility index (Phi) is 5.74. The predicted octanol–water partition coefficient (Wildman–Crippen LogP) is 7.69. The Morgan fingerprint density at radius 1 is 0.875 bits per heavy atom. The van der Waals surface area contributed by atoms with Crippen molar-refractivity contribution >= 4 is 60.8 Å². The number of aromatic nitrogens is 2. The van der Waals surface area contributed by atoms with Crippen LogP contribution in [0, 0.1) is 0 Å². The van der Waals surface area contributed by atoms with Crippen molar-refractivity contribution in [1.82, 2.24) is 9.97 Å². The van der Waals surface area contributed by atoms with E-state index in [4.69, 9.17) is 16.6 Å². The van der Waals surface area contributed by atoms with E-state index in [2.05, 4.69) is 26.2 Å². The number of halogens is 2. The maximum atomic E-state index is 13.3. The first-order valence-electron chi connectivity index (χ1n) is 9.75. The molecule has 5 rings (SSSR count). The van der Waals surface area contributed by atoms with E-state index in [0.29, 0.717) is 15.7 Å². The highest BCUT2D eigenvalue weighted by atomic mass is 79.9. The number of pyridine rings is 1. The Labute approximate surface area is 202 Å². The Balaban J connectivity index is 1.50. The van der Waals surface area contributed by atoms with Crippen molar-refractivity contribution in [2.24, 2.45) is 0 Å². The lowest BCUT2D eigenvalue weighted by molar-refractivity contribution is 0.102. The van der Waals surface area contributed by atoms with Gasteiger partial charge in [-0.1, -0.05) is 70.0 Å². The average Bonchev–Trinajstić information content (AvgIpc) is 3.27. The molecule has 0 atom stereocenters. The molecule has 5 aromatic rings. The van der Waals surface area contributed by atoms with Crippen molar-refractivity contribution in [3.05, 3.63) is 99.3 Å². The zero-order valence-electron chi connectivity index (χ0n) is 16.5. The van der Waals surface area contributed by atoms with Crippen LogP contribution in [-0.2, 0) is 0 Å². The zero-order valence-corrected chi connectivity index (χ0v) is 19.7. The molecule has 7 heteroatoms. The maximum Gasteiger partial charge on any atom is 0.258 e. The van der Waals surface area contributed by atoms with E-state index in [9.17, 15) is 4.79 Å². The second kappa shape index (κ2) is 8.82. The minimum absolute atomic E-state index is 0.225. The van der Waals surface area contributed by atoms with Crippen LogP contribution in [0.5, 0.6) is 0 Å². The average molecular weight is 521 g/mol. The minimum Gasteiger partial charge on any atom is -0.298 e. The fraction of sp³-hybridized carbons (Fsp3) is 0. The highest BCUT2D eigenvalue weighted by molar-refractivity contribution is 9.10. The normalized spacial score (nSPS) is 10.9. The van der Waals surface area contributed by atoms with Gasteiger partial charge in [0.2, 0.25) is 0 Å². The van der Waals surface area contributed by atoms with Crippen LogP contribution in [0.4, 0.5) is 5.13 Å². The Morgan fingerprint density at radius 3 is 2.50 bits per heavy atom. The molecule has 156 valence electrons. The molecule has 1 N–H and O–H groups in total. The van der Waals surface area contributed by atoms with E-state index >= 15 is 0 Å². The van der Waals surface area contributed by atoms with Crippen LogP contribution in [0.15, 0.2) is 88.7 Å². The summed E-state index contributed by atoms with van der Waals surface area (Å²) in [7, 11) is 0. The van der Waals surface area contributed by atoms with Crippen molar-refractivity contribution in [2.75, 3.05) is 5.32 Å². The van der Waals surface area contributed by atoms with Crippen molar-refractivity contribution in [3.8, 4) is 22.5 Å². The van der Waals surface area contributed by atoms with E-state index in [1.807, 2.05) is 84.2 Å². The highest BCUT2D eigenvalue weighted by Crippen LogP contribution is 2.29. The number of anilines is 1. The van der Waals surface area contributed by atoms with Gasteiger partial charge in [0.1, 0.15) is 0 Å². The highest BCUT2D eigenvalue weighted by Gasteiger charge is 2.16. The first kappa shape index (κ1) is 20.8. The standard InChI is InChI=1S/C25H15BrClN3OS/c26-17-5-3-4-16(12-17)22-13-20(19-6-1-2-7-21(19)28-22)24(31)30-25-29-23(14-32-25)15-8-10-18(27)11-9-15/h1-14H,(H,29,30,31). The number of rotatable bonds is 4. The molecule has 0 spiro atoms. The summed E-state index contributed by atoms with van der Waals surface area (Å²) in [5, 5.41) is 6.85. The van der Waals surface area contributed by atoms with Gasteiger partial charge in [-0.3, -0.25) is 10.1 Å². The van der Waals surface area contributed by atoms with Gasteiger partial charge in [0.15, 0.2) is 5.13 Å². The fourth-order valence-corrected chi connectivity index (χ4v) is 4.65. The number of hydrogen-bond donors (Lipinski definition) is 1. The van der Waals surface area contributed by atoms with Gasteiger partial charge in [0.05, 0.1) is 22.5 Å². The van der Waals surface area contributed by atoms with Crippen LogP contribution in [0.1, 0.15) is 10.4 Å². The lowest BCUT2D eigenvalue weighted by Gasteiger charge is -2.10. The molecule has 0 saturated heterocycles. The van der Waals surface area contributed by atoms with Gasteiger partial charge >= 0.3 is 0 Å². The molecule has 0 radical (unpaired) electrons. The molecule has 2 heterocycles. The molecule has 0 unspecified atom stereocenters. The van der Waals surface area contributed by atoms with E-state index in [-0.39, 0.29) is 5.91 Å².